The van der Waals surface area contributed by atoms with Gasteiger partial charge >= 0.3 is 0 Å². The Morgan fingerprint density at radius 1 is 1.14 bits per heavy atom. The highest BCUT2D eigenvalue weighted by Crippen LogP contribution is 2.05. The van der Waals surface area contributed by atoms with E-state index in [-0.39, 0.29) is 0 Å². The lowest BCUT2D eigenvalue weighted by molar-refractivity contribution is -0.671. The number of carbonyl (C=O) groups is 2. The van der Waals surface area contributed by atoms with E-state index in [0.717, 1.165) is 13.8 Å². The van der Waals surface area contributed by atoms with Gasteiger partial charge in [0.15, 0.2) is 0 Å². The first-order valence-electron chi connectivity index (χ1n) is 7.67. The molecule has 1 aromatic heterocycles. The minimum atomic E-state index is -1.08. The standard InChI is InChI=1S/C12H23N2.2C2H4O2/c1-3-4-5-6-7-8-9-14-11-10-13(2)12-14;2*1-2(3)4/h10-12H,3-9H2,1-2H3;2*1H3,(H,3,4)/q+1;;/p-1. The molecular weight excluding hydrogens is 284 g/mol. The van der Waals surface area contributed by atoms with Crippen molar-refractivity contribution < 1.29 is 24.4 Å². The van der Waals surface area contributed by atoms with Crippen molar-refractivity contribution in [1.82, 2.24) is 4.57 Å². The topological polar surface area (TPSA) is 86.2 Å². The summed E-state index contributed by atoms with van der Waals surface area (Å²) < 4.78 is 4.36. The maximum absolute atomic E-state index is 9.00. The third-order valence-corrected chi connectivity index (χ3v) is 2.59. The maximum Gasteiger partial charge on any atom is 0.300 e. The number of hydrogen-bond donors (Lipinski definition) is 1. The van der Waals surface area contributed by atoms with E-state index < -0.39 is 11.9 Å². The van der Waals surface area contributed by atoms with E-state index in [4.69, 9.17) is 19.8 Å². The van der Waals surface area contributed by atoms with Crippen molar-refractivity contribution in [2.45, 2.75) is 65.8 Å². The van der Waals surface area contributed by atoms with E-state index in [1.54, 1.807) is 0 Å². The fraction of sp³-hybridized carbons (Fsp3) is 0.688. The quantitative estimate of drug-likeness (QED) is 0.610. The van der Waals surface area contributed by atoms with Crippen molar-refractivity contribution >= 4 is 11.9 Å². The Balaban J connectivity index is 0. The monoisotopic (exact) mass is 314 g/mol. The van der Waals surface area contributed by atoms with Crippen LogP contribution in [0.2, 0.25) is 0 Å². The summed E-state index contributed by atoms with van der Waals surface area (Å²) in [5.41, 5.74) is 0. The highest BCUT2D eigenvalue weighted by atomic mass is 16.4. The van der Waals surface area contributed by atoms with E-state index in [2.05, 4.69) is 41.8 Å². The van der Waals surface area contributed by atoms with Crippen LogP contribution in [-0.4, -0.2) is 21.6 Å². The third kappa shape index (κ3) is 23.3. The van der Waals surface area contributed by atoms with E-state index in [0.29, 0.717) is 0 Å². The normalized spacial score (nSPS) is 9.09. The molecule has 1 N–H and O–H groups in total. The first-order valence-corrected chi connectivity index (χ1v) is 7.67. The van der Waals surface area contributed by atoms with Gasteiger partial charge in [-0.05, 0) is 19.8 Å². The molecule has 0 aliphatic carbocycles. The van der Waals surface area contributed by atoms with Gasteiger partial charge in [0.05, 0.1) is 13.6 Å². The van der Waals surface area contributed by atoms with Crippen LogP contribution in [0.1, 0.15) is 59.3 Å². The van der Waals surface area contributed by atoms with E-state index >= 15 is 0 Å². The second-order valence-electron chi connectivity index (χ2n) is 5.10. The average molecular weight is 314 g/mol. The van der Waals surface area contributed by atoms with Crippen LogP contribution >= 0.6 is 0 Å². The van der Waals surface area contributed by atoms with Crippen LogP contribution < -0.4 is 9.67 Å². The minimum absolute atomic E-state index is 0.833. The number of carboxylic acids is 2. The molecule has 0 fully saturated rings. The molecule has 0 radical (unpaired) electrons. The van der Waals surface area contributed by atoms with Crippen LogP contribution in [0.4, 0.5) is 0 Å². The summed E-state index contributed by atoms with van der Waals surface area (Å²) in [5, 5.41) is 16.3. The molecule has 6 heteroatoms. The molecule has 1 aromatic rings. The Kier molecular flexibility index (Phi) is 15.8. The Morgan fingerprint density at radius 3 is 2.00 bits per heavy atom. The number of hydrogen-bond acceptors (Lipinski definition) is 3. The Labute approximate surface area is 133 Å². The Bertz CT molecular complexity index is 383. The van der Waals surface area contributed by atoms with Crippen LogP contribution in [0.15, 0.2) is 18.7 Å². The van der Waals surface area contributed by atoms with Gasteiger partial charge in [-0.3, -0.25) is 4.79 Å². The summed E-state index contributed by atoms with van der Waals surface area (Å²) in [6.45, 7) is 5.49. The zero-order valence-electron chi connectivity index (χ0n) is 14.2. The highest BCUT2D eigenvalue weighted by molar-refractivity contribution is 5.63. The first-order chi connectivity index (χ1) is 10.3. The Morgan fingerprint density at radius 2 is 1.59 bits per heavy atom. The molecule has 1 rings (SSSR count). The Hall–Kier alpha value is -1.85. The molecule has 0 aliphatic heterocycles. The molecule has 0 saturated heterocycles. The lowest BCUT2D eigenvalue weighted by atomic mass is 10.1. The summed E-state index contributed by atoms with van der Waals surface area (Å²) >= 11 is 0. The van der Waals surface area contributed by atoms with Crippen LogP contribution in [0.25, 0.3) is 0 Å². The van der Waals surface area contributed by atoms with Gasteiger partial charge in [0.25, 0.3) is 5.97 Å². The van der Waals surface area contributed by atoms with Crippen molar-refractivity contribution in [3.8, 4) is 0 Å². The number of unbranched alkanes of at least 4 members (excludes halogenated alkanes) is 5. The number of aryl methyl sites for hydroxylation is 2. The second kappa shape index (κ2) is 15.5. The molecule has 6 nitrogen and oxygen atoms in total. The largest absolute Gasteiger partial charge is 0.550 e. The van der Waals surface area contributed by atoms with Crippen molar-refractivity contribution in [2.24, 2.45) is 7.05 Å². The lowest BCUT2D eigenvalue weighted by Gasteiger charge is -1.98. The number of aromatic nitrogens is 2. The number of nitrogens with zero attached hydrogens (tertiary/aromatic N) is 2. The molecule has 1 heterocycles. The zero-order chi connectivity index (χ0) is 17.4. The molecule has 0 spiro atoms. The van der Waals surface area contributed by atoms with Gasteiger partial charge in [-0.1, -0.05) is 32.6 Å². The fourth-order valence-electron chi connectivity index (χ4n) is 1.71. The summed E-state index contributed by atoms with van der Waals surface area (Å²) in [5.74, 6) is -1.92. The summed E-state index contributed by atoms with van der Waals surface area (Å²) in [7, 11) is 2.07. The number of imidazole rings is 1. The predicted octanol–water partition coefficient (Wildman–Crippen LogP) is 1.52. The lowest BCUT2D eigenvalue weighted by Crippen LogP contribution is -2.23. The molecule has 128 valence electrons. The molecule has 22 heavy (non-hydrogen) atoms. The van der Waals surface area contributed by atoms with Gasteiger partial charge in [0.1, 0.15) is 12.4 Å². The maximum atomic E-state index is 9.00. The van der Waals surface area contributed by atoms with Crippen LogP contribution in [0, 0.1) is 0 Å². The predicted molar refractivity (Wildman–Crippen MR) is 83.0 cm³/mol. The average Bonchev–Trinajstić information content (AvgIpc) is 2.78. The SMILES string of the molecule is CC(=O)O.CC(=O)[O-].CCCCCCCCn1cc[n+](C)c1. The van der Waals surface area contributed by atoms with Gasteiger partial charge in [0.2, 0.25) is 6.33 Å². The van der Waals surface area contributed by atoms with Crippen LogP contribution in [0.3, 0.4) is 0 Å². The first kappa shape index (κ1) is 22.4. The zero-order valence-corrected chi connectivity index (χ0v) is 14.2. The smallest absolute Gasteiger partial charge is 0.300 e. The molecule has 0 amide bonds. The van der Waals surface area contributed by atoms with Gasteiger partial charge in [-0.15, -0.1) is 0 Å². The molecule has 0 aromatic carbocycles. The van der Waals surface area contributed by atoms with Gasteiger partial charge in [-0.25, -0.2) is 9.13 Å². The molecule has 0 saturated carbocycles. The highest BCUT2D eigenvalue weighted by Gasteiger charge is 1.98. The molecule has 0 bridgehead atoms. The van der Waals surface area contributed by atoms with E-state index in [1.165, 1.54) is 45.1 Å². The number of aliphatic carboxylic acids is 2. The van der Waals surface area contributed by atoms with Gasteiger partial charge in [-0.2, -0.15) is 0 Å². The fourth-order valence-corrected chi connectivity index (χ4v) is 1.71. The van der Waals surface area contributed by atoms with Gasteiger partial charge < -0.3 is 15.0 Å². The number of carboxylic acid groups (broad SMARTS) is 2. The second-order valence-corrected chi connectivity index (χ2v) is 5.10. The van der Waals surface area contributed by atoms with Crippen molar-refractivity contribution in [3.05, 3.63) is 18.7 Å². The summed E-state index contributed by atoms with van der Waals surface area (Å²) in [6, 6.07) is 0. The molecular formula is C16H30N2O4. The summed E-state index contributed by atoms with van der Waals surface area (Å²) in [4.78, 5) is 17.9. The van der Waals surface area contributed by atoms with Crippen molar-refractivity contribution in [1.29, 1.82) is 0 Å². The van der Waals surface area contributed by atoms with Crippen LogP contribution in [0.5, 0.6) is 0 Å². The number of rotatable bonds is 7. The van der Waals surface area contributed by atoms with Crippen molar-refractivity contribution in [3.63, 3.8) is 0 Å². The summed E-state index contributed by atoms with van der Waals surface area (Å²) in [6.07, 6.45) is 14.6. The van der Waals surface area contributed by atoms with Gasteiger partial charge in [0, 0.05) is 12.9 Å². The number of carbonyl (C=O) groups excluding carboxylic acids is 1. The van der Waals surface area contributed by atoms with E-state index in [1.807, 2.05) is 0 Å². The molecule has 0 unspecified atom stereocenters. The molecule has 0 aliphatic rings. The van der Waals surface area contributed by atoms with Crippen LogP contribution in [-0.2, 0) is 23.2 Å². The van der Waals surface area contributed by atoms with Crippen molar-refractivity contribution in [2.75, 3.05) is 0 Å². The van der Waals surface area contributed by atoms with E-state index in [9.17, 15) is 0 Å². The molecule has 0 atom stereocenters. The third-order valence-electron chi connectivity index (χ3n) is 2.59. The minimum Gasteiger partial charge on any atom is -0.550 e.